The molecule has 2 aliphatic rings. The van der Waals surface area contributed by atoms with E-state index in [4.69, 9.17) is 5.11 Å². The van der Waals surface area contributed by atoms with Crippen LogP contribution in [0.25, 0.3) is 0 Å². The van der Waals surface area contributed by atoms with Gasteiger partial charge in [0, 0.05) is 12.5 Å². The summed E-state index contributed by atoms with van der Waals surface area (Å²) in [6.07, 6.45) is 5.08. The highest BCUT2D eigenvalue weighted by atomic mass is 16.4. The van der Waals surface area contributed by atoms with Gasteiger partial charge in [-0.1, -0.05) is 12.8 Å². The Balaban J connectivity index is 1.91. The topological polar surface area (TPSA) is 86.7 Å². The van der Waals surface area contributed by atoms with Crippen molar-refractivity contribution in [3.8, 4) is 0 Å². The van der Waals surface area contributed by atoms with Crippen LogP contribution in [0.1, 0.15) is 45.4 Å². The molecule has 1 saturated heterocycles. The lowest BCUT2D eigenvalue weighted by Crippen LogP contribution is -2.51. The van der Waals surface area contributed by atoms with Gasteiger partial charge in [-0.15, -0.1) is 0 Å². The first-order valence-electron chi connectivity index (χ1n) is 7.34. The van der Waals surface area contributed by atoms with Gasteiger partial charge in [-0.25, -0.2) is 4.79 Å². The summed E-state index contributed by atoms with van der Waals surface area (Å²) in [5.41, 5.74) is 0. The fraction of sp³-hybridized carbons (Fsp3) is 0.786. The molecular formula is C14H22N2O4. The number of carbonyl (C=O) groups excluding carboxylic acids is 2. The summed E-state index contributed by atoms with van der Waals surface area (Å²) in [6, 6.07) is -1.39. The molecule has 0 aromatic rings. The third kappa shape index (κ3) is 3.11. The third-order valence-corrected chi connectivity index (χ3v) is 4.28. The SMILES string of the molecule is CC(NC(=O)C1CCCC1)C(=O)N1CCC[C@H]1C(=O)O. The van der Waals surface area contributed by atoms with Crippen molar-refractivity contribution < 1.29 is 19.5 Å². The van der Waals surface area contributed by atoms with Gasteiger partial charge in [0.15, 0.2) is 0 Å². The molecule has 20 heavy (non-hydrogen) atoms. The van der Waals surface area contributed by atoms with E-state index in [0.29, 0.717) is 19.4 Å². The zero-order chi connectivity index (χ0) is 14.7. The molecule has 1 aliphatic carbocycles. The van der Waals surface area contributed by atoms with Gasteiger partial charge in [0.1, 0.15) is 12.1 Å². The van der Waals surface area contributed by atoms with E-state index >= 15 is 0 Å². The van der Waals surface area contributed by atoms with Crippen molar-refractivity contribution >= 4 is 17.8 Å². The molecule has 2 N–H and O–H groups in total. The summed E-state index contributed by atoms with van der Waals surface area (Å²) >= 11 is 0. The monoisotopic (exact) mass is 282 g/mol. The minimum Gasteiger partial charge on any atom is -0.480 e. The van der Waals surface area contributed by atoms with E-state index in [2.05, 4.69) is 5.32 Å². The number of nitrogens with zero attached hydrogens (tertiary/aromatic N) is 1. The maximum Gasteiger partial charge on any atom is 0.326 e. The number of aliphatic carboxylic acids is 1. The molecule has 112 valence electrons. The Morgan fingerprint density at radius 1 is 1.15 bits per heavy atom. The number of hydrogen-bond acceptors (Lipinski definition) is 3. The van der Waals surface area contributed by atoms with Crippen molar-refractivity contribution in [3.63, 3.8) is 0 Å². The first kappa shape index (κ1) is 14.8. The zero-order valence-corrected chi connectivity index (χ0v) is 11.8. The molecule has 0 aromatic carbocycles. The van der Waals surface area contributed by atoms with E-state index in [1.54, 1.807) is 6.92 Å². The largest absolute Gasteiger partial charge is 0.480 e. The van der Waals surface area contributed by atoms with Gasteiger partial charge in [0.25, 0.3) is 0 Å². The number of carboxylic acids is 1. The minimum atomic E-state index is -0.967. The Morgan fingerprint density at radius 2 is 1.80 bits per heavy atom. The van der Waals surface area contributed by atoms with E-state index in [0.717, 1.165) is 25.7 Å². The molecule has 0 spiro atoms. The Bertz CT molecular complexity index is 404. The lowest BCUT2D eigenvalue weighted by atomic mass is 10.1. The molecule has 1 unspecified atom stereocenters. The quantitative estimate of drug-likeness (QED) is 0.797. The van der Waals surface area contributed by atoms with Crippen LogP contribution in [0.5, 0.6) is 0 Å². The van der Waals surface area contributed by atoms with Crippen LogP contribution in [0.4, 0.5) is 0 Å². The molecule has 0 aromatic heterocycles. The van der Waals surface area contributed by atoms with E-state index in [9.17, 15) is 14.4 Å². The molecule has 6 nitrogen and oxygen atoms in total. The maximum atomic E-state index is 12.3. The van der Waals surface area contributed by atoms with Crippen LogP contribution in [-0.2, 0) is 14.4 Å². The van der Waals surface area contributed by atoms with Crippen LogP contribution in [0.3, 0.4) is 0 Å². The summed E-state index contributed by atoms with van der Waals surface area (Å²) in [7, 11) is 0. The van der Waals surface area contributed by atoms with Crippen LogP contribution in [0.2, 0.25) is 0 Å². The highest BCUT2D eigenvalue weighted by Crippen LogP contribution is 2.25. The molecule has 2 atom stereocenters. The van der Waals surface area contributed by atoms with Crippen molar-refractivity contribution in [1.29, 1.82) is 0 Å². The number of hydrogen-bond donors (Lipinski definition) is 2. The number of likely N-dealkylation sites (tertiary alicyclic amines) is 1. The summed E-state index contributed by atoms with van der Waals surface area (Å²) in [5, 5.41) is 11.8. The first-order chi connectivity index (χ1) is 9.50. The van der Waals surface area contributed by atoms with E-state index in [-0.39, 0.29) is 17.7 Å². The molecule has 2 fully saturated rings. The van der Waals surface area contributed by atoms with Crippen molar-refractivity contribution in [2.24, 2.45) is 5.92 Å². The van der Waals surface area contributed by atoms with Gasteiger partial charge in [-0.2, -0.15) is 0 Å². The lowest BCUT2D eigenvalue weighted by Gasteiger charge is -2.26. The zero-order valence-electron chi connectivity index (χ0n) is 11.8. The van der Waals surface area contributed by atoms with Gasteiger partial charge in [-0.05, 0) is 32.6 Å². The van der Waals surface area contributed by atoms with E-state index in [1.807, 2.05) is 0 Å². The molecule has 1 saturated carbocycles. The van der Waals surface area contributed by atoms with E-state index < -0.39 is 18.1 Å². The fourth-order valence-corrected chi connectivity index (χ4v) is 3.12. The molecular weight excluding hydrogens is 260 g/mol. The fourth-order valence-electron chi connectivity index (χ4n) is 3.12. The second-order valence-corrected chi connectivity index (χ2v) is 5.74. The molecule has 1 aliphatic heterocycles. The van der Waals surface area contributed by atoms with Gasteiger partial charge in [0.2, 0.25) is 11.8 Å². The Kier molecular flexibility index (Phi) is 4.62. The molecule has 6 heteroatoms. The Morgan fingerprint density at radius 3 is 2.40 bits per heavy atom. The molecule has 0 radical (unpaired) electrons. The molecule has 2 amide bonds. The van der Waals surface area contributed by atoms with Gasteiger partial charge in [-0.3, -0.25) is 9.59 Å². The third-order valence-electron chi connectivity index (χ3n) is 4.28. The van der Waals surface area contributed by atoms with Crippen LogP contribution >= 0.6 is 0 Å². The number of carboxylic acid groups (broad SMARTS) is 1. The number of carbonyl (C=O) groups is 3. The average molecular weight is 282 g/mol. The lowest BCUT2D eigenvalue weighted by molar-refractivity contribution is -0.149. The number of rotatable bonds is 4. The minimum absolute atomic E-state index is 0.0131. The highest BCUT2D eigenvalue weighted by Gasteiger charge is 2.36. The summed E-state index contributed by atoms with van der Waals surface area (Å²) < 4.78 is 0. The standard InChI is InChI=1S/C14H22N2O4/c1-9(15-12(17)10-5-2-3-6-10)13(18)16-8-4-7-11(16)14(19)20/h9-11H,2-8H2,1H3,(H,15,17)(H,19,20)/t9?,11-/m0/s1. The van der Waals surface area contributed by atoms with Crippen molar-refractivity contribution in [1.82, 2.24) is 10.2 Å². The smallest absolute Gasteiger partial charge is 0.326 e. The molecule has 2 rings (SSSR count). The summed E-state index contributed by atoms with van der Waals surface area (Å²) in [6.45, 7) is 2.09. The van der Waals surface area contributed by atoms with Crippen molar-refractivity contribution in [2.75, 3.05) is 6.54 Å². The normalized spacial score (nSPS) is 24.6. The summed E-state index contributed by atoms with van der Waals surface area (Å²) in [5.74, 6) is -1.32. The predicted octanol–water partition coefficient (Wildman–Crippen LogP) is 0.757. The Hall–Kier alpha value is -1.59. The van der Waals surface area contributed by atoms with Crippen LogP contribution < -0.4 is 5.32 Å². The summed E-state index contributed by atoms with van der Waals surface area (Å²) in [4.78, 5) is 36.7. The van der Waals surface area contributed by atoms with Gasteiger partial charge >= 0.3 is 5.97 Å². The Labute approximate surface area is 118 Å². The van der Waals surface area contributed by atoms with Crippen LogP contribution in [0, 0.1) is 5.92 Å². The van der Waals surface area contributed by atoms with Gasteiger partial charge < -0.3 is 15.3 Å². The van der Waals surface area contributed by atoms with Crippen molar-refractivity contribution in [2.45, 2.75) is 57.5 Å². The average Bonchev–Trinajstić information content (AvgIpc) is 3.08. The molecule has 1 heterocycles. The number of nitrogens with one attached hydrogen (secondary N) is 1. The second kappa shape index (κ2) is 6.24. The highest BCUT2D eigenvalue weighted by molar-refractivity contribution is 5.91. The predicted molar refractivity (Wildman–Crippen MR) is 71.9 cm³/mol. The second-order valence-electron chi connectivity index (χ2n) is 5.74. The van der Waals surface area contributed by atoms with Gasteiger partial charge in [0.05, 0.1) is 0 Å². The van der Waals surface area contributed by atoms with Crippen LogP contribution in [0.15, 0.2) is 0 Å². The van der Waals surface area contributed by atoms with Crippen molar-refractivity contribution in [3.05, 3.63) is 0 Å². The van der Waals surface area contributed by atoms with Crippen LogP contribution in [-0.4, -0.2) is 46.4 Å². The number of amides is 2. The molecule has 0 bridgehead atoms. The van der Waals surface area contributed by atoms with E-state index in [1.165, 1.54) is 4.90 Å². The first-order valence-corrected chi connectivity index (χ1v) is 7.34. The maximum absolute atomic E-state index is 12.3.